The molecule has 3 aromatic rings. The first-order chi connectivity index (χ1) is 16.3. The molecule has 1 fully saturated rings. The number of nitro groups is 1. The fourth-order valence-corrected chi connectivity index (χ4v) is 3.91. The van der Waals surface area contributed by atoms with Gasteiger partial charge in [0.05, 0.1) is 43.6 Å². The predicted molar refractivity (Wildman–Crippen MR) is 119 cm³/mol. The fraction of sp³-hybridized carbons (Fsp3) is 0.167. The average Bonchev–Trinajstić information content (AvgIpc) is 3.45. The Kier molecular flexibility index (Phi) is 6.05. The van der Waals surface area contributed by atoms with Crippen LogP contribution >= 0.6 is 0 Å². The number of nitro benzene ring substituents is 1. The first kappa shape index (κ1) is 22.6. The highest BCUT2D eigenvalue weighted by Gasteiger charge is 2.46. The molecule has 34 heavy (non-hydrogen) atoms. The van der Waals surface area contributed by atoms with Gasteiger partial charge in [-0.15, -0.1) is 0 Å². The minimum atomic E-state index is -1.01. The number of rotatable bonds is 7. The molecule has 1 aromatic heterocycles. The topological polar surface area (TPSA) is 132 Å². The summed E-state index contributed by atoms with van der Waals surface area (Å²) >= 11 is 0. The van der Waals surface area contributed by atoms with E-state index in [-0.39, 0.29) is 23.4 Å². The molecule has 0 spiro atoms. The number of carbonyl (C=O) groups excluding carboxylic acids is 2. The van der Waals surface area contributed by atoms with E-state index in [1.165, 1.54) is 43.6 Å². The van der Waals surface area contributed by atoms with Crippen LogP contribution in [0.3, 0.4) is 0 Å². The van der Waals surface area contributed by atoms with Crippen LogP contribution in [0.15, 0.2) is 70.9 Å². The molecule has 0 aliphatic carbocycles. The Morgan fingerprint density at radius 3 is 2.50 bits per heavy atom. The van der Waals surface area contributed by atoms with Crippen molar-refractivity contribution in [3.8, 4) is 11.5 Å². The molecule has 4 rings (SSSR count). The quantitative estimate of drug-likeness (QED) is 0.183. The highest BCUT2D eigenvalue weighted by molar-refractivity contribution is 6.46. The number of aliphatic hydroxyl groups excluding tert-OH is 1. The van der Waals surface area contributed by atoms with E-state index >= 15 is 0 Å². The van der Waals surface area contributed by atoms with Gasteiger partial charge in [0.15, 0.2) is 11.5 Å². The lowest BCUT2D eigenvalue weighted by Gasteiger charge is -2.25. The first-order valence-electron chi connectivity index (χ1n) is 10.1. The number of amides is 1. The van der Waals surface area contributed by atoms with E-state index in [1.54, 1.807) is 30.3 Å². The second kappa shape index (κ2) is 9.10. The maximum atomic E-state index is 13.1. The number of aliphatic hydroxyl groups is 1. The Balaban J connectivity index is 1.91. The summed E-state index contributed by atoms with van der Waals surface area (Å²) in [6.45, 7) is -0.0394. The van der Waals surface area contributed by atoms with E-state index in [0.717, 1.165) is 6.07 Å². The third-order valence-electron chi connectivity index (χ3n) is 5.50. The van der Waals surface area contributed by atoms with Crippen molar-refractivity contribution < 1.29 is 33.5 Å². The number of furan rings is 1. The van der Waals surface area contributed by atoms with Crippen LogP contribution in [0.4, 0.5) is 5.69 Å². The van der Waals surface area contributed by atoms with Crippen molar-refractivity contribution in [1.82, 2.24) is 4.90 Å². The second-order valence-electron chi connectivity index (χ2n) is 7.43. The predicted octanol–water partition coefficient (Wildman–Crippen LogP) is 3.83. The van der Waals surface area contributed by atoms with E-state index in [0.29, 0.717) is 22.8 Å². The number of Topliss-reactive ketones (excluding diaryl/α,β-unsaturated/α-hetero) is 1. The van der Waals surface area contributed by atoms with Crippen molar-refractivity contribution in [3.05, 3.63) is 93.4 Å². The molecule has 1 aliphatic heterocycles. The lowest BCUT2D eigenvalue weighted by atomic mass is 9.94. The number of benzene rings is 2. The lowest BCUT2D eigenvalue weighted by molar-refractivity contribution is -0.384. The summed E-state index contributed by atoms with van der Waals surface area (Å²) in [7, 11) is 2.92. The normalized spacial score (nSPS) is 17.1. The summed E-state index contributed by atoms with van der Waals surface area (Å²) in [5.74, 6) is -1.06. The number of ether oxygens (including phenoxy) is 2. The molecule has 1 aliphatic rings. The number of hydrogen-bond acceptors (Lipinski definition) is 8. The largest absolute Gasteiger partial charge is 0.507 e. The highest BCUT2D eigenvalue weighted by Crippen LogP contribution is 2.42. The molecule has 1 atom stereocenters. The van der Waals surface area contributed by atoms with Gasteiger partial charge in [0.2, 0.25) is 0 Å². The Morgan fingerprint density at radius 1 is 1.09 bits per heavy atom. The Labute approximate surface area is 193 Å². The summed E-state index contributed by atoms with van der Waals surface area (Å²) < 4.78 is 16.0. The van der Waals surface area contributed by atoms with Crippen LogP contribution in [0.1, 0.15) is 22.9 Å². The van der Waals surface area contributed by atoms with Crippen molar-refractivity contribution in [2.24, 2.45) is 0 Å². The number of methoxy groups -OCH3 is 2. The van der Waals surface area contributed by atoms with Gasteiger partial charge in [0.25, 0.3) is 17.4 Å². The first-order valence-corrected chi connectivity index (χ1v) is 10.1. The Hall–Kier alpha value is -4.60. The fourth-order valence-electron chi connectivity index (χ4n) is 3.91. The summed E-state index contributed by atoms with van der Waals surface area (Å²) in [6.07, 6.45) is 1.44. The summed E-state index contributed by atoms with van der Waals surface area (Å²) in [4.78, 5) is 38.0. The van der Waals surface area contributed by atoms with Gasteiger partial charge in [-0.1, -0.05) is 18.2 Å². The minimum absolute atomic E-state index is 0.0377. The van der Waals surface area contributed by atoms with E-state index in [9.17, 15) is 24.8 Å². The van der Waals surface area contributed by atoms with Gasteiger partial charge in [-0.05, 0) is 29.8 Å². The maximum Gasteiger partial charge on any atom is 0.296 e. The van der Waals surface area contributed by atoms with Crippen LogP contribution in [0.25, 0.3) is 5.76 Å². The van der Waals surface area contributed by atoms with E-state index in [2.05, 4.69) is 0 Å². The van der Waals surface area contributed by atoms with Crippen LogP contribution in [-0.4, -0.2) is 40.8 Å². The zero-order valence-electron chi connectivity index (χ0n) is 18.3. The molecule has 0 radical (unpaired) electrons. The van der Waals surface area contributed by atoms with Crippen molar-refractivity contribution in [2.45, 2.75) is 12.6 Å². The highest BCUT2D eigenvalue weighted by atomic mass is 16.6. The molecular formula is C24H20N2O8. The number of likely N-dealkylation sites (tertiary alicyclic amines) is 1. The van der Waals surface area contributed by atoms with Crippen molar-refractivity contribution in [2.75, 3.05) is 14.2 Å². The van der Waals surface area contributed by atoms with Crippen LogP contribution in [0, 0.1) is 10.1 Å². The van der Waals surface area contributed by atoms with Gasteiger partial charge in [-0.2, -0.15) is 0 Å². The summed E-state index contributed by atoms with van der Waals surface area (Å²) in [6, 6.07) is 12.4. The number of non-ortho nitro benzene ring substituents is 1. The average molecular weight is 464 g/mol. The molecule has 1 unspecified atom stereocenters. The standard InChI is InChI=1S/C24H20N2O8/c1-32-18-9-8-14(12-19(18)33-2)21-20(22(27)15-5-3-6-16(11-15)26(30)31)23(28)24(29)25(21)13-17-7-4-10-34-17/h3-12,21,27H,13H2,1-2H3. The Morgan fingerprint density at radius 2 is 1.85 bits per heavy atom. The molecule has 10 heteroatoms. The van der Waals surface area contributed by atoms with Crippen LogP contribution in [0.2, 0.25) is 0 Å². The van der Waals surface area contributed by atoms with Gasteiger partial charge in [-0.3, -0.25) is 19.7 Å². The number of hydrogen-bond donors (Lipinski definition) is 1. The zero-order valence-corrected chi connectivity index (χ0v) is 18.3. The lowest BCUT2D eigenvalue weighted by Crippen LogP contribution is -2.29. The van der Waals surface area contributed by atoms with Gasteiger partial charge < -0.3 is 23.9 Å². The molecule has 2 heterocycles. The number of carbonyl (C=O) groups is 2. The van der Waals surface area contributed by atoms with Crippen LogP contribution in [-0.2, 0) is 16.1 Å². The van der Waals surface area contributed by atoms with Crippen molar-refractivity contribution in [3.63, 3.8) is 0 Å². The third kappa shape index (κ3) is 3.96. The second-order valence-corrected chi connectivity index (χ2v) is 7.43. The molecule has 1 saturated heterocycles. The van der Waals surface area contributed by atoms with Crippen LogP contribution in [0.5, 0.6) is 11.5 Å². The maximum absolute atomic E-state index is 13.1. The molecule has 10 nitrogen and oxygen atoms in total. The van der Waals surface area contributed by atoms with E-state index in [4.69, 9.17) is 13.9 Å². The molecule has 1 amide bonds. The third-order valence-corrected chi connectivity index (χ3v) is 5.50. The summed E-state index contributed by atoms with van der Waals surface area (Å²) in [5, 5.41) is 22.3. The number of ketones is 1. The smallest absolute Gasteiger partial charge is 0.296 e. The SMILES string of the molecule is COc1ccc(C2C(=C(O)c3cccc([N+](=O)[O-])c3)C(=O)C(=O)N2Cc2ccco2)cc1OC. The van der Waals surface area contributed by atoms with Gasteiger partial charge in [0, 0.05) is 17.7 Å². The monoisotopic (exact) mass is 464 g/mol. The van der Waals surface area contributed by atoms with Crippen LogP contribution < -0.4 is 9.47 Å². The van der Waals surface area contributed by atoms with E-state index < -0.39 is 28.4 Å². The molecular weight excluding hydrogens is 444 g/mol. The number of nitrogens with zero attached hydrogens (tertiary/aromatic N) is 2. The van der Waals surface area contributed by atoms with Crippen molar-refractivity contribution >= 4 is 23.1 Å². The molecule has 0 bridgehead atoms. The zero-order chi connectivity index (χ0) is 24.4. The van der Waals surface area contributed by atoms with Gasteiger partial charge in [0.1, 0.15) is 11.5 Å². The van der Waals surface area contributed by atoms with Crippen molar-refractivity contribution in [1.29, 1.82) is 0 Å². The molecule has 174 valence electrons. The molecule has 0 saturated carbocycles. The van der Waals surface area contributed by atoms with Gasteiger partial charge in [-0.25, -0.2) is 0 Å². The minimum Gasteiger partial charge on any atom is -0.507 e. The Bertz CT molecular complexity index is 1300. The van der Waals surface area contributed by atoms with E-state index in [1.807, 2.05) is 0 Å². The molecule has 1 N–H and O–H groups in total. The van der Waals surface area contributed by atoms with Gasteiger partial charge >= 0.3 is 0 Å². The molecule has 2 aromatic carbocycles. The summed E-state index contributed by atoms with van der Waals surface area (Å²) in [5.41, 5.74) is 0.0341.